The van der Waals surface area contributed by atoms with Gasteiger partial charge in [-0.05, 0) is 31.2 Å². The number of fused-ring (bicyclic) bond motifs is 1. The molecule has 0 aliphatic heterocycles. The molecule has 0 aliphatic carbocycles. The van der Waals surface area contributed by atoms with Crippen molar-refractivity contribution in [3.8, 4) is 5.75 Å². The van der Waals surface area contributed by atoms with Gasteiger partial charge in [0, 0.05) is 7.05 Å². The quantitative estimate of drug-likeness (QED) is 0.698. The number of rotatable bonds is 3. The molecule has 108 valence electrons. The Morgan fingerprint density at radius 3 is 2.52 bits per heavy atom. The number of para-hydroxylation sites is 1. The van der Waals surface area contributed by atoms with Gasteiger partial charge in [-0.1, -0.05) is 23.8 Å². The normalized spacial score (nSPS) is 11.7. The smallest absolute Gasteiger partial charge is 0.339 e. The van der Waals surface area contributed by atoms with Crippen molar-refractivity contribution in [1.82, 2.24) is 9.55 Å². The van der Waals surface area contributed by atoms with Crippen molar-refractivity contribution in [3.63, 3.8) is 0 Å². The van der Waals surface area contributed by atoms with Crippen LogP contribution >= 0.6 is 0 Å². The fourth-order valence-corrected chi connectivity index (χ4v) is 3.01. The van der Waals surface area contributed by atoms with Gasteiger partial charge in [-0.15, -0.1) is 0 Å². The van der Waals surface area contributed by atoms with Gasteiger partial charge in [0.25, 0.3) is 0 Å². The van der Waals surface area contributed by atoms with Gasteiger partial charge in [0.05, 0.1) is 11.8 Å². The molecule has 0 bridgehead atoms. The van der Waals surface area contributed by atoms with Crippen LogP contribution in [0.3, 0.4) is 0 Å². The van der Waals surface area contributed by atoms with Crippen molar-refractivity contribution in [2.24, 2.45) is 7.05 Å². The Morgan fingerprint density at radius 1 is 1.10 bits per heavy atom. The van der Waals surface area contributed by atoms with Crippen LogP contribution in [0.15, 0.2) is 53.7 Å². The Bertz CT molecular complexity index is 896. The van der Waals surface area contributed by atoms with E-state index in [0.717, 1.165) is 11.1 Å². The molecule has 0 radical (unpaired) electrons. The molecular weight excluding hydrogens is 288 g/mol. The fourth-order valence-electron chi connectivity index (χ4n) is 2.07. The van der Waals surface area contributed by atoms with Gasteiger partial charge in [-0.25, -0.2) is 4.98 Å². The standard InChI is InChI=1S/C15H14N2O3S/c1-11-6-8-12(9-7-11)21(18,19)20-14-5-3-4-13-15(14)16-10-17(13)2/h3-10H,1-2H3. The highest BCUT2D eigenvalue weighted by Gasteiger charge is 2.18. The molecule has 0 spiro atoms. The van der Waals surface area contributed by atoms with Crippen LogP contribution < -0.4 is 4.18 Å². The minimum atomic E-state index is -3.86. The lowest BCUT2D eigenvalue weighted by molar-refractivity contribution is 0.488. The van der Waals surface area contributed by atoms with Crippen LogP contribution in [-0.4, -0.2) is 18.0 Å². The van der Waals surface area contributed by atoms with Crippen molar-refractivity contribution < 1.29 is 12.6 Å². The minimum absolute atomic E-state index is 0.126. The highest BCUT2D eigenvalue weighted by atomic mass is 32.2. The zero-order chi connectivity index (χ0) is 15.0. The largest absolute Gasteiger partial charge is 0.377 e. The average Bonchev–Trinajstić information content (AvgIpc) is 2.82. The molecule has 0 fully saturated rings. The summed E-state index contributed by atoms with van der Waals surface area (Å²) in [4.78, 5) is 4.31. The van der Waals surface area contributed by atoms with Gasteiger partial charge in [0.1, 0.15) is 10.4 Å². The fraction of sp³-hybridized carbons (Fsp3) is 0.133. The second-order valence-electron chi connectivity index (χ2n) is 4.83. The predicted octanol–water partition coefficient (Wildman–Crippen LogP) is 2.65. The van der Waals surface area contributed by atoms with E-state index >= 15 is 0 Å². The number of nitrogens with zero attached hydrogens (tertiary/aromatic N) is 2. The molecule has 5 nitrogen and oxygen atoms in total. The first-order valence-electron chi connectivity index (χ1n) is 6.38. The topological polar surface area (TPSA) is 61.2 Å². The SMILES string of the molecule is Cc1ccc(S(=O)(=O)Oc2cccc3c2ncn3C)cc1. The summed E-state index contributed by atoms with van der Waals surface area (Å²) in [6, 6.07) is 11.7. The van der Waals surface area contributed by atoms with Crippen LogP contribution in [0.25, 0.3) is 11.0 Å². The zero-order valence-corrected chi connectivity index (χ0v) is 12.5. The Labute approximate surface area is 122 Å². The van der Waals surface area contributed by atoms with Crippen molar-refractivity contribution in [3.05, 3.63) is 54.4 Å². The van der Waals surface area contributed by atoms with Gasteiger partial charge < -0.3 is 8.75 Å². The first-order valence-corrected chi connectivity index (χ1v) is 7.79. The monoisotopic (exact) mass is 302 g/mol. The third-order valence-corrected chi connectivity index (χ3v) is 4.48. The van der Waals surface area contributed by atoms with Crippen molar-refractivity contribution >= 4 is 21.2 Å². The first-order chi connectivity index (χ1) is 9.97. The van der Waals surface area contributed by atoms with E-state index in [4.69, 9.17) is 4.18 Å². The summed E-state index contributed by atoms with van der Waals surface area (Å²) in [7, 11) is -2.02. The second kappa shape index (κ2) is 4.89. The molecule has 0 amide bonds. The lowest BCUT2D eigenvalue weighted by atomic mass is 10.2. The van der Waals surface area contributed by atoms with E-state index < -0.39 is 10.1 Å². The summed E-state index contributed by atoms with van der Waals surface area (Å²) >= 11 is 0. The van der Waals surface area contributed by atoms with Crippen molar-refractivity contribution in [1.29, 1.82) is 0 Å². The van der Waals surface area contributed by atoms with E-state index in [1.54, 1.807) is 35.2 Å². The molecule has 2 aromatic carbocycles. The van der Waals surface area contributed by atoms with Crippen LogP contribution in [0.1, 0.15) is 5.56 Å². The van der Waals surface area contributed by atoms with E-state index in [9.17, 15) is 8.42 Å². The maximum Gasteiger partial charge on any atom is 0.339 e. The molecular formula is C15H14N2O3S. The Balaban J connectivity index is 2.03. The molecule has 0 saturated carbocycles. The first kappa shape index (κ1) is 13.6. The van der Waals surface area contributed by atoms with Crippen molar-refractivity contribution in [2.75, 3.05) is 0 Å². The summed E-state index contributed by atoms with van der Waals surface area (Å²) in [6.45, 7) is 1.89. The summed E-state index contributed by atoms with van der Waals surface area (Å²) in [5.74, 6) is 0.230. The number of hydrogen-bond acceptors (Lipinski definition) is 4. The van der Waals surface area contributed by atoms with E-state index in [-0.39, 0.29) is 10.6 Å². The molecule has 0 aliphatic rings. The third kappa shape index (κ3) is 2.50. The van der Waals surface area contributed by atoms with Gasteiger partial charge in [0.15, 0.2) is 5.75 Å². The average molecular weight is 302 g/mol. The van der Waals surface area contributed by atoms with Crippen LogP contribution in [0, 0.1) is 6.92 Å². The second-order valence-corrected chi connectivity index (χ2v) is 6.38. The summed E-state index contributed by atoms with van der Waals surface area (Å²) in [6.07, 6.45) is 1.62. The number of hydrogen-bond donors (Lipinski definition) is 0. The number of aromatic nitrogens is 2. The van der Waals surface area contributed by atoms with Crippen LogP contribution in [-0.2, 0) is 17.2 Å². The number of aryl methyl sites for hydroxylation is 2. The third-order valence-electron chi connectivity index (χ3n) is 3.23. The van der Waals surface area contributed by atoms with Crippen molar-refractivity contribution in [2.45, 2.75) is 11.8 Å². The molecule has 0 atom stereocenters. The minimum Gasteiger partial charge on any atom is -0.377 e. The number of benzene rings is 2. The Hall–Kier alpha value is -2.34. The van der Waals surface area contributed by atoms with E-state index in [1.807, 2.05) is 20.0 Å². The summed E-state index contributed by atoms with van der Waals surface area (Å²) in [5, 5.41) is 0. The molecule has 0 unspecified atom stereocenters. The lowest BCUT2D eigenvalue weighted by Crippen LogP contribution is -2.10. The number of imidazole rings is 1. The predicted molar refractivity (Wildman–Crippen MR) is 79.7 cm³/mol. The molecule has 3 rings (SSSR count). The van der Waals surface area contributed by atoms with Crippen LogP contribution in [0.4, 0.5) is 0 Å². The molecule has 3 aromatic rings. The maximum absolute atomic E-state index is 12.3. The van der Waals surface area contributed by atoms with Crippen LogP contribution in [0.5, 0.6) is 5.75 Å². The Morgan fingerprint density at radius 2 is 1.81 bits per heavy atom. The summed E-state index contributed by atoms with van der Waals surface area (Å²) in [5.41, 5.74) is 2.32. The van der Waals surface area contributed by atoms with Crippen LogP contribution in [0.2, 0.25) is 0 Å². The van der Waals surface area contributed by atoms with Gasteiger partial charge in [-0.2, -0.15) is 8.42 Å². The molecule has 0 N–H and O–H groups in total. The van der Waals surface area contributed by atoms with Gasteiger partial charge >= 0.3 is 10.1 Å². The molecule has 1 heterocycles. The van der Waals surface area contributed by atoms with E-state index in [0.29, 0.717) is 5.52 Å². The van der Waals surface area contributed by atoms with Gasteiger partial charge in [0.2, 0.25) is 0 Å². The molecule has 0 saturated heterocycles. The molecule has 6 heteroatoms. The highest BCUT2D eigenvalue weighted by molar-refractivity contribution is 7.87. The Kier molecular flexibility index (Phi) is 3.17. The molecule has 21 heavy (non-hydrogen) atoms. The lowest BCUT2D eigenvalue weighted by Gasteiger charge is -2.08. The summed E-state index contributed by atoms with van der Waals surface area (Å²) < 4.78 is 31.7. The van der Waals surface area contributed by atoms with E-state index in [1.165, 1.54) is 12.1 Å². The van der Waals surface area contributed by atoms with Gasteiger partial charge in [-0.3, -0.25) is 0 Å². The maximum atomic E-state index is 12.3. The zero-order valence-electron chi connectivity index (χ0n) is 11.6. The molecule has 1 aromatic heterocycles. The van der Waals surface area contributed by atoms with E-state index in [2.05, 4.69) is 4.98 Å². The highest BCUT2D eigenvalue weighted by Crippen LogP contribution is 2.26.